The van der Waals surface area contributed by atoms with Crippen molar-refractivity contribution in [3.8, 4) is 0 Å². The molecule has 2 N–H and O–H groups in total. The summed E-state index contributed by atoms with van der Waals surface area (Å²) in [6, 6.07) is 6.91. The Balaban J connectivity index is 2.46. The number of nitrogens with one attached hydrogen (secondary N) is 2. The van der Waals surface area contributed by atoms with E-state index in [-0.39, 0.29) is 11.4 Å². The molecule has 1 aromatic carbocycles. The number of ether oxygens (including phenoxy) is 1. The first-order chi connectivity index (χ1) is 9.95. The Morgan fingerprint density at radius 3 is 2.43 bits per heavy atom. The second kappa shape index (κ2) is 9.15. The third-order valence-electron chi connectivity index (χ3n) is 2.80. The van der Waals surface area contributed by atoms with Crippen molar-refractivity contribution < 1.29 is 13.2 Å². The first-order valence-electron chi connectivity index (χ1n) is 7.32. The van der Waals surface area contributed by atoms with Gasteiger partial charge in [0.15, 0.2) is 0 Å². The number of rotatable bonds is 10. The Morgan fingerprint density at radius 2 is 1.86 bits per heavy atom. The zero-order valence-electron chi connectivity index (χ0n) is 13.1. The molecule has 0 atom stereocenters. The highest BCUT2D eigenvalue weighted by Crippen LogP contribution is 2.10. The summed E-state index contributed by atoms with van der Waals surface area (Å²) in [6.45, 7) is 9.08. The SMILES string of the molecule is CCNCc1ccc(S(=O)(=O)NCCOCC(C)C)cc1. The predicted octanol–water partition coefficient (Wildman–Crippen LogP) is 1.75. The largest absolute Gasteiger partial charge is 0.380 e. The van der Waals surface area contributed by atoms with Crippen molar-refractivity contribution >= 4 is 10.0 Å². The van der Waals surface area contributed by atoms with Crippen LogP contribution in [0.2, 0.25) is 0 Å². The van der Waals surface area contributed by atoms with Gasteiger partial charge in [0.2, 0.25) is 10.0 Å². The molecule has 0 aliphatic heterocycles. The summed E-state index contributed by atoms with van der Waals surface area (Å²) < 4.78 is 32.0. The maximum atomic E-state index is 12.1. The van der Waals surface area contributed by atoms with Crippen molar-refractivity contribution in [3.05, 3.63) is 29.8 Å². The van der Waals surface area contributed by atoms with Gasteiger partial charge in [-0.3, -0.25) is 0 Å². The Hall–Kier alpha value is -0.950. The molecule has 1 aromatic rings. The third kappa shape index (κ3) is 7.04. The number of benzene rings is 1. The summed E-state index contributed by atoms with van der Waals surface area (Å²) in [4.78, 5) is 0.284. The molecular formula is C15H26N2O3S. The third-order valence-corrected chi connectivity index (χ3v) is 4.28. The fourth-order valence-corrected chi connectivity index (χ4v) is 2.72. The van der Waals surface area contributed by atoms with Gasteiger partial charge in [0.25, 0.3) is 0 Å². The van der Waals surface area contributed by atoms with Gasteiger partial charge in [0.1, 0.15) is 0 Å². The maximum absolute atomic E-state index is 12.1. The Labute approximate surface area is 128 Å². The highest BCUT2D eigenvalue weighted by Gasteiger charge is 2.12. The van der Waals surface area contributed by atoms with E-state index in [1.807, 2.05) is 19.1 Å². The second-order valence-electron chi connectivity index (χ2n) is 5.29. The van der Waals surface area contributed by atoms with Crippen LogP contribution in [0.25, 0.3) is 0 Å². The van der Waals surface area contributed by atoms with Gasteiger partial charge in [-0.2, -0.15) is 0 Å². The van der Waals surface area contributed by atoms with Crippen LogP contribution in [0.5, 0.6) is 0 Å². The number of hydrogen-bond acceptors (Lipinski definition) is 4. The van der Waals surface area contributed by atoms with Crippen LogP contribution in [0, 0.1) is 5.92 Å². The highest BCUT2D eigenvalue weighted by molar-refractivity contribution is 7.89. The van der Waals surface area contributed by atoms with Crippen LogP contribution in [-0.4, -0.2) is 34.7 Å². The van der Waals surface area contributed by atoms with Gasteiger partial charge in [0.05, 0.1) is 11.5 Å². The summed E-state index contributed by atoms with van der Waals surface area (Å²) in [5, 5.41) is 3.20. The quantitative estimate of drug-likeness (QED) is 0.646. The first kappa shape index (κ1) is 18.1. The summed E-state index contributed by atoms with van der Waals surface area (Å²) in [5.74, 6) is 0.450. The predicted molar refractivity (Wildman–Crippen MR) is 84.7 cm³/mol. The summed E-state index contributed by atoms with van der Waals surface area (Å²) in [6.07, 6.45) is 0. The number of hydrogen-bond donors (Lipinski definition) is 2. The van der Waals surface area contributed by atoms with E-state index >= 15 is 0 Å². The standard InChI is InChI=1S/C15H26N2O3S/c1-4-16-11-14-5-7-15(8-6-14)21(18,19)17-9-10-20-12-13(2)3/h5-8,13,16-17H,4,9-12H2,1-3H3. The lowest BCUT2D eigenvalue weighted by atomic mass is 10.2. The molecule has 5 nitrogen and oxygen atoms in total. The van der Waals surface area contributed by atoms with Crippen LogP contribution in [0.4, 0.5) is 0 Å². The molecule has 1 rings (SSSR count). The molecule has 0 unspecified atom stereocenters. The van der Waals surface area contributed by atoms with Crippen LogP contribution in [0.15, 0.2) is 29.2 Å². The molecule has 0 spiro atoms. The molecule has 21 heavy (non-hydrogen) atoms. The zero-order chi connectivity index (χ0) is 15.7. The van der Waals surface area contributed by atoms with Gasteiger partial charge in [-0.05, 0) is 30.2 Å². The summed E-state index contributed by atoms with van der Waals surface area (Å²) >= 11 is 0. The minimum atomic E-state index is -3.45. The molecule has 0 saturated carbocycles. The molecule has 0 radical (unpaired) electrons. The first-order valence-corrected chi connectivity index (χ1v) is 8.81. The van der Waals surface area contributed by atoms with Gasteiger partial charge in [-0.15, -0.1) is 0 Å². The summed E-state index contributed by atoms with van der Waals surface area (Å²) in [5.41, 5.74) is 1.07. The Morgan fingerprint density at radius 1 is 1.19 bits per heavy atom. The molecule has 6 heteroatoms. The fourth-order valence-electron chi connectivity index (χ4n) is 1.71. The summed E-state index contributed by atoms with van der Waals surface area (Å²) in [7, 11) is -3.45. The molecular weight excluding hydrogens is 288 g/mol. The lowest BCUT2D eigenvalue weighted by molar-refractivity contribution is 0.114. The van der Waals surface area contributed by atoms with E-state index in [1.54, 1.807) is 12.1 Å². The van der Waals surface area contributed by atoms with Crippen molar-refractivity contribution in [2.24, 2.45) is 5.92 Å². The van der Waals surface area contributed by atoms with Crippen LogP contribution >= 0.6 is 0 Å². The van der Waals surface area contributed by atoms with Gasteiger partial charge in [-0.1, -0.05) is 32.9 Å². The van der Waals surface area contributed by atoms with E-state index in [0.717, 1.165) is 18.7 Å². The molecule has 0 aliphatic rings. The van der Waals surface area contributed by atoms with E-state index in [0.29, 0.717) is 19.1 Å². The molecule has 0 amide bonds. The lowest BCUT2D eigenvalue weighted by Crippen LogP contribution is -2.27. The van der Waals surface area contributed by atoms with E-state index in [2.05, 4.69) is 23.9 Å². The van der Waals surface area contributed by atoms with Crippen molar-refractivity contribution in [1.29, 1.82) is 0 Å². The van der Waals surface area contributed by atoms with Gasteiger partial charge < -0.3 is 10.1 Å². The minimum Gasteiger partial charge on any atom is -0.380 e. The van der Waals surface area contributed by atoms with Crippen molar-refractivity contribution in [2.75, 3.05) is 26.3 Å². The van der Waals surface area contributed by atoms with Crippen LogP contribution < -0.4 is 10.0 Å². The molecule has 0 fully saturated rings. The van der Waals surface area contributed by atoms with Crippen molar-refractivity contribution in [1.82, 2.24) is 10.0 Å². The molecule has 0 saturated heterocycles. The molecule has 120 valence electrons. The molecule has 0 aliphatic carbocycles. The fraction of sp³-hybridized carbons (Fsp3) is 0.600. The smallest absolute Gasteiger partial charge is 0.240 e. The maximum Gasteiger partial charge on any atom is 0.240 e. The average molecular weight is 314 g/mol. The van der Waals surface area contributed by atoms with E-state index in [1.165, 1.54) is 0 Å². The van der Waals surface area contributed by atoms with Gasteiger partial charge >= 0.3 is 0 Å². The second-order valence-corrected chi connectivity index (χ2v) is 7.06. The Bertz CT molecular complexity index is 498. The van der Waals surface area contributed by atoms with E-state index < -0.39 is 10.0 Å². The van der Waals surface area contributed by atoms with E-state index in [4.69, 9.17) is 4.74 Å². The number of sulfonamides is 1. The van der Waals surface area contributed by atoms with Crippen LogP contribution in [0.3, 0.4) is 0 Å². The van der Waals surface area contributed by atoms with Gasteiger partial charge in [-0.25, -0.2) is 13.1 Å². The van der Waals surface area contributed by atoms with Crippen LogP contribution in [-0.2, 0) is 21.3 Å². The lowest BCUT2D eigenvalue weighted by Gasteiger charge is -2.09. The van der Waals surface area contributed by atoms with E-state index in [9.17, 15) is 8.42 Å². The van der Waals surface area contributed by atoms with Crippen LogP contribution in [0.1, 0.15) is 26.3 Å². The molecule has 0 heterocycles. The monoisotopic (exact) mass is 314 g/mol. The zero-order valence-corrected chi connectivity index (χ0v) is 13.9. The highest BCUT2D eigenvalue weighted by atomic mass is 32.2. The Kier molecular flexibility index (Phi) is 7.88. The normalized spacial score (nSPS) is 12.0. The van der Waals surface area contributed by atoms with Gasteiger partial charge in [0, 0.05) is 19.7 Å². The topological polar surface area (TPSA) is 67.4 Å². The van der Waals surface area contributed by atoms with Crippen molar-refractivity contribution in [2.45, 2.75) is 32.2 Å². The minimum absolute atomic E-state index is 0.284. The molecule has 0 aromatic heterocycles. The average Bonchev–Trinajstić information content (AvgIpc) is 2.44. The molecule has 0 bridgehead atoms. The van der Waals surface area contributed by atoms with Crippen molar-refractivity contribution in [3.63, 3.8) is 0 Å².